The number of pyridine rings is 1. The lowest BCUT2D eigenvalue weighted by Gasteiger charge is -2.26. The SMILES string of the molecule is COc1ccc(OC)c(-c2cc(C(=O)O)c3cc(S(=O)(=O)N4CCCCC4)ccc3n2)c1. The van der Waals surface area contributed by atoms with Gasteiger partial charge in [0, 0.05) is 24.0 Å². The van der Waals surface area contributed by atoms with E-state index in [4.69, 9.17) is 9.47 Å². The van der Waals surface area contributed by atoms with Crippen LogP contribution in [-0.2, 0) is 10.0 Å². The molecule has 4 rings (SSSR count). The summed E-state index contributed by atoms with van der Waals surface area (Å²) in [5.74, 6) is -0.0890. The van der Waals surface area contributed by atoms with Gasteiger partial charge < -0.3 is 14.6 Å². The lowest BCUT2D eigenvalue weighted by Crippen LogP contribution is -2.35. The smallest absolute Gasteiger partial charge is 0.336 e. The Balaban J connectivity index is 1.88. The lowest BCUT2D eigenvalue weighted by molar-refractivity contribution is 0.0699. The Hall–Kier alpha value is -3.17. The number of hydrogen-bond acceptors (Lipinski definition) is 6. The van der Waals surface area contributed by atoms with Crippen molar-refractivity contribution in [1.29, 1.82) is 0 Å². The van der Waals surface area contributed by atoms with Crippen molar-refractivity contribution in [3.8, 4) is 22.8 Å². The highest BCUT2D eigenvalue weighted by molar-refractivity contribution is 7.89. The first-order chi connectivity index (χ1) is 15.3. The van der Waals surface area contributed by atoms with E-state index in [2.05, 4.69) is 4.98 Å². The summed E-state index contributed by atoms with van der Waals surface area (Å²) in [5.41, 5.74) is 1.30. The average Bonchev–Trinajstić information content (AvgIpc) is 2.82. The molecule has 0 unspecified atom stereocenters. The van der Waals surface area contributed by atoms with Gasteiger partial charge in [0.2, 0.25) is 10.0 Å². The van der Waals surface area contributed by atoms with Gasteiger partial charge in [-0.15, -0.1) is 0 Å². The molecule has 3 aromatic rings. The summed E-state index contributed by atoms with van der Waals surface area (Å²) in [5, 5.41) is 10.1. The van der Waals surface area contributed by atoms with Gasteiger partial charge in [-0.3, -0.25) is 0 Å². The molecule has 0 spiro atoms. The highest BCUT2D eigenvalue weighted by Gasteiger charge is 2.27. The van der Waals surface area contributed by atoms with Crippen LogP contribution in [0.1, 0.15) is 29.6 Å². The van der Waals surface area contributed by atoms with Gasteiger partial charge in [-0.05, 0) is 55.3 Å². The molecule has 0 bridgehead atoms. The molecule has 2 aromatic carbocycles. The standard InChI is InChI=1S/C23H24N2O6S/c1-30-15-6-9-22(31-2)19(12-15)21-14-18(23(26)27)17-13-16(7-8-20(17)24-21)32(28,29)25-10-4-3-5-11-25/h6-9,12-14H,3-5,10-11H2,1-2H3,(H,26,27). The zero-order chi connectivity index (χ0) is 22.9. The number of carboxylic acid groups (broad SMARTS) is 1. The van der Waals surface area contributed by atoms with Gasteiger partial charge in [0.05, 0.1) is 35.9 Å². The number of carbonyl (C=O) groups is 1. The van der Waals surface area contributed by atoms with Gasteiger partial charge in [-0.2, -0.15) is 4.31 Å². The second-order valence-electron chi connectivity index (χ2n) is 7.57. The second kappa shape index (κ2) is 8.76. The van der Waals surface area contributed by atoms with E-state index in [1.807, 2.05) is 0 Å². The third-order valence-electron chi connectivity index (χ3n) is 5.65. The fourth-order valence-corrected chi connectivity index (χ4v) is 5.49. The van der Waals surface area contributed by atoms with Crippen LogP contribution in [0.2, 0.25) is 0 Å². The predicted molar refractivity (Wildman–Crippen MR) is 120 cm³/mol. The Morgan fingerprint density at radius 3 is 2.41 bits per heavy atom. The van der Waals surface area contributed by atoms with Crippen molar-refractivity contribution >= 4 is 26.9 Å². The Kier molecular flexibility index (Phi) is 6.03. The fourth-order valence-electron chi connectivity index (χ4n) is 3.95. The number of hydrogen-bond donors (Lipinski definition) is 1. The number of methoxy groups -OCH3 is 2. The van der Waals surface area contributed by atoms with E-state index in [9.17, 15) is 18.3 Å². The van der Waals surface area contributed by atoms with Gasteiger partial charge in [0.15, 0.2) is 0 Å². The summed E-state index contributed by atoms with van der Waals surface area (Å²) in [6.07, 6.45) is 2.65. The van der Waals surface area contributed by atoms with Crippen molar-refractivity contribution in [2.45, 2.75) is 24.2 Å². The molecule has 32 heavy (non-hydrogen) atoms. The molecule has 2 heterocycles. The van der Waals surface area contributed by atoms with Gasteiger partial charge in [0.1, 0.15) is 11.5 Å². The average molecular weight is 457 g/mol. The van der Waals surface area contributed by atoms with E-state index in [0.717, 1.165) is 19.3 Å². The van der Waals surface area contributed by atoms with Crippen LogP contribution in [0.25, 0.3) is 22.2 Å². The molecule has 168 valence electrons. The van der Waals surface area contributed by atoms with Crippen molar-refractivity contribution in [3.63, 3.8) is 0 Å². The maximum Gasteiger partial charge on any atom is 0.336 e. The van der Waals surface area contributed by atoms with Crippen LogP contribution in [0.15, 0.2) is 47.4 Å². The Labute approximate surface area is 186 Å². The minimum atomic E-state index is -3.70. The molecule has 0 amide bonds. The van der Waals surface area contributed by atoms with E-state index in [1.54, 1.807) is 24.3 Å². The number of carboxylic acids is 1. The van der Waals surface area contributed by atoms with Crippen molar-refractivity contribution < 1.29 is 27.8 Å². The predicted octanol–water partition coefficient (Wildman–Crippen LogP) is 3.79. The number of benzene rings is 2. The first-order valence-electron chi connectivity index (χ1n) is 10.3. The van der Waals surface area contributed by atoms with Crippen LogP contribution in [-0.4, -0.2) is 56.1 Å². The zero-order valence-corrected chi connectivity index (χ0v) is 18.7. The minimum Gasteiger partial charge on any atom is -0.497 e. The number of piperidine rings is 1. The summed E-state index contributed by atoms with van der Waals surface area (Å²) >= 11 is 0. The Morgan fingerprint density at radius 2 is 1.75 bits per heavy atom. The van der Waals surface area contributed by atoms with Crippen molar-refractivity contribution in [2.75, 3.05) is 27.3 Å². The number of sulfonamides is 1. The minimum absolute atomic E-state index is 0.0365. The van der Waals surface area contributed by atoms with Crippen LogP contribution in [0, 0.1) is 0 Å². The Bertz CT molecular complexity index is 1280. The molecule has 0 radical (unpaired) electrons. The highest BCUT2D eigenvalue weighted by atomic mass is 32.2. The van der Waals surface area contributed by atoms with Gasteiger partial charge >= 0.3 is 5.97 Å². The molecule has 1 aliphatic heterocycles. The number of aromatic carboxylic acids is 1. The molecule has 0 aliphatic carbocycles. The fraction of sp³-hybridized carbons (Fsp3) is 0.304. The van der Waals surface area contributed by atoms with Crippen LogP contribution >= 0.6 is 0 Å². The van der Waals surface area contributed by atoms with E-state index >= 15 is 0 Å². The number of nitrogens with zero attached hydrogens (tertiary/aromatic N) is 2. The van der Waals surface area contributed by atoms with E-state index < -0.39 is 16.0 Å². The zero-order valence-electron chi connectivity index (χ0n) is 17.9. The number of rotatable bonds is 6. The van der Waals surface area contributed by atoms with Crippen LogP contribution in [0.5, 0.6) is 11.5 Å². The second-order valence-corrected chi connectivity index (χ2v) is 9.51. The molecule has 1 aromatic heterocycles. The summed E-state index contributed by atoms with van der Waals surface area (Å²) in [7, 11) is -0.652. The monoisotopic (exact) mass is 456 g/mol. The summed E-state index contributed by atoms with van der Waals surface area (Å²) in [4.78, 5) is 16.8. The van der Waals surface area contributed by atoms with Gasteiger partial charge in [0.25, 0.3) is 0 Å². The maximum atomic E-state index is 13.1. The van der Waals surface area contributed by atoms with Crippen molar-refractivity contribution in [2.24, 2.45) is 0 Å². The van der Waals surface area contributed by atoms with Gasteiger partial charge in [-0.1, -0.05) is 6.42 Å². The molecule has 1 fully saturated rings. The van der Waals surface area contributed by atoms with Crippen LogP contribution in [0.4, 0.5) is 0 Å². The largest absolute Gasteiger partial charge is 0.497 e. The molecule has 1 saturated heterocycles. The molecular formula is C23H24N2O6S. The number of aromatic nitrogens is 1. The van der Waals surface area contributed by atoms with E-state index in [0.29, 0.717) is 41.4 Å². The molecule has 9 heteroatoms. The normalized spacial score (nSPS) is 14.9. The topological polar surface area (TPSA) is 106 Å². The molecule has 8 nitrogen and oxygen atoms in total. The molecule has 1 aliphatic rings. The molecular weight excluding hydrogens is 432 g/mol. The van der Waals surface area contributed by atoms with Gasteiger partial charge in [-0.25, -0.2) is 18.2 Å². The summed E-state index contributed by atoms with van der Waals surface area (Å²) < 4.78 is 38.3. The maximum absolute atomic E-state index is 13.1. The summed E-state index contributed by atoms with van der Waals surface area (Å²) in [6.45, 7) is 0.942. The number of ether oxygens (including phenoxy) is 2. The first kappa shape index (κ1) is 22.0. The third-order valence-corrected chi connectivity index (χ3v) is 7.54. The molecule has 1 N–H and O–H groups in total. The third kappa shape index (κ3) is 4.01. The van der Waals surface area contributed by atoms with E-state index in [-0.39, 0.29) is 15.8 Å². The lowest BCUT2D eigenvalue weighted by atomic mass is 10.0. The number of fused-ring (bicyclic) bond motifs is 1. The van der Waals surface area contributed by atoms with Crippen molar-refractivity contribution in [3.05, 3.63) is 48.0 Å². The summed E-state index contributed by atoms with van der Waals surface area (Å²) in [6, 6.07) is 11.0. The Morgan fingerprint density at radius 1 is 1.00 bits per heavy atom. The van der Waals surface area contributed by atoms with Crippen molar-refractivity contribution in [1.82, 2.24) is 9.29 Å². The van der Waals surface area contributed by atoms with Crippen LogP contribution < -0.4 is 9.47 Å². The molecule has 0 saturated carbocycles. The first-order valence-corrected chi connectivity index (χ1v) is 11.7. The quantitative estimate of drug-likeness (QED) is 0.601. The van der Waals surface area contributed by atoms with E-state index in [1.165, 1.54) is 36.7 Å². The molecule has 0 atom stereocenters. The van der Waals surface area contributed by atoms with Crippen LogP contribution in [0.3, 0.4) is 0 Å². The highest BCUT2D eigenvalue weighted by Crippen LogP contribution is 2.35.